The molecule has 0 aliphatic heterocycles. The highest BCUT2D eigenvalue weighted by molar-refractivity contribution is 6.74. The molecule has 0 aliphatic rings. The van der Waals surface area contributed by atoms with Gasteiger partial charge in [0.15, 0.2) is 8.32 Å². The van der Waals surface area contributed by atoms with Gasteiger partial charge in [-0.1, -0.05) is 81.5 Å². The van der Waals surface area contributed by atoms with Crippen LogP contribution in [0.4, 0.5) is 0 Å². The van der Waals surface area contributed by atoms with Gasteiger partial charge < -0.3 is 19.2 Å². The quantitative estimate of drug-likeness (QED) is 0.117. The standard InChI is InChI=1S/C27H38ClNO4Si/c1-27(2,3)34(4,5)33-20-24(29-26(30)23-15-10-7-11-16-23)25(17-12-18-28)32-21-31-19-22-13-8-6-9-14-22/h6-17,24-25H,18-21H2,1-5H3,(H,29,30)/b17-12+/t24-,25+/m0/s1. The van der Waals surface area contributed by atoms with E-state index in [1.54, 1.807) is 12.1 Å². The Bertz CT molecular complexity index is 885. The third-order valence-corrected chi connectivity index (χ3v) is 10.7. The number of amides is 1. The number of ether oxygens (including phenoxy) is 2. The van der Waals surface area contributed by atoms with Gasteiger partial charge in [0.2, 0.25) is 0 Å². The molecule has 0 saturated heterocycles. The molecule has 2 atom stereocenters. The Hall–Kier alpha value is -1.96. The zero-order chi connectivity index (χ0) is 25.0. The number of carbonyl (C=O) groups is 1. The fourth-order valence-electron chi connectivity index (χ4n) is 2.93. The maximum absolute atomic E-state index is 13.0. The lowest BCUT2D eigenvalue weighted by Crippen LogP contribution is -2.51. The van der Waals surface area contributed by atoms with Gasteiger partial charge in [-0.25, -0.2) is 0 Å². The van der Waals surface area contributed by atoms with Crippen molar-refractivity contribution in [3.8, 4) is 0 Å². The Kier molecular flexibility index (Phi) is 11.5. The van der Waals surface area contributed by atoms with Gasteiger partial charge in [0.1, 0.15) is 12.9 Å². The number of benzene rings is 2. The van der Waals surface area contributed by atoms with Crippen molar-refractivity contribution in [1.82, 2.24) is 5.32 Å². The van der Waals surface area contributed by atoms with E-state index in [-0.39, 0.29) is 17.7 Å². The second-order valence-corrected chi connectivity index (χ2v) is 14.8. The molecule has 0 aromatic heterocycles. The average molecular weight is 504 g/mol. The van der Waals surface area contributed by atoms with Crippen molar-refractivity contribution in [3.05, 3.63) is 83.9 Å². The minimum absolute atomic E-state index is 0.0438. The van der Waals surface area contributed by atoms with E-state index in [9.17, 15) is 4.79 Å². The van der Waals surface area contributed by atoms with Gasteiger partial charge in [-0.05, 0) is 35.8 Å². The van der Waals surface area contributed by atoms with Crippen LogP contribution in [0.2, 0.25) is 18.1 Å². The largest absolute Gasteiger partial charge is 0.415 e. The van der Waals surface area contributed by atoms with E-state index in [0.29, 0.717) is 24.7 Å². The molecular weight excluding hydrogens is 466 g/mol. The lowest BCUT2D eigenvalue weighted by Gasteiger charge is -2.38. The predicted octanol–water partition coefficient (Wildman–Crippen LogP) is 6.16. The first-order chi connectivity index (χ1) is 16.1. The zero-order valence-electron chi connectivity index (χ0n) is 20.9. The first-order valence-corrected chi connectivity index (χ1v) is 15.0. The number of hydrogen-bond acceptors (Lipinski definition) is 4. The highest BCUT2D eigenvalue weighted by Crippen LogP contribution is 2.36. The second-order valence-electron chi connectivity index (χ2n) is 9.68. The summed E-state index contributed by atoms with van der Waals surface area (Å²) < 4.78 is 18.3. The highest BCUT2D eigenvalue weighted by Gasteiger charge is 2.38. The highest BCUT2D eigenvalue weighted by atomic mass is 35.5. The van der Waals surface area contributed by atoms with Crippen LogP contribution in [0, 0.1) is 0 Å². The van der Waals surface area contributed by atoms with Gasteiger partial charge in [-0.2, -0.15) is 0 Å². The normalized spacial score (nSPS) is 14.2. The topological polar surface area (TPSA) is 56.8 Å². The lowest BCUT2D eigenvalue weighted by molar-refractivity contribution is -0.0930. The summed E-state index contributed by atoms with van der Waals surface area (Å²) in [5.74, 6) is 0.162. The maximum atomic E-state index is 13.0. The molecule has 0 fully saturated rings. The van der Waals surface area contributed by atoms with Crippen molar-refractivity contribution >= 4 is 25.8 Å². The van der Waals surface area contributed by atoms with Crippen LogP contribution in [0.1, 0.15) is 36.7 Å². The smallest absolute Gasteiger partial charge is 0.251 e. The van der Waals surface area contributed by atoms with Crippen LogP contribution in [0.25, 0.3) is 0 Å². The zero-order valence-corrected chi connectivity index (χ0v) is 22.7. The molecule has 0 bridgehead atoms. The van der Waals surface area contributed by atoms with Crippen molar-refractivity contribution in [2.45, 2.75) is 57.7 Å². The molecule has 34 heavy (non-hydrogen) atoms. The molecule has 0 heterocycles. The molecule has 5 nitrogen and oxygen atoms in total. The number of nitrogens with one attached hydrogen (secondary N) is 1. The van der Waals surface area contributed by atoms with E-state index >= 15 is 0 Å². The third kappa shape index (κ3) is 9.35. The number of hydrogen-bond donors (Lipinski definition) is 1. The summed E-state index contributed by atoms with van der Waals surface area (Å²) in [6.07, 6.45) is 3.22. The summed E-state index contributed by atoms with van der Waals surface area (Å²) in [5.41, 5.74) is 1.65. The van der Waals surface area contributed by atoms with Crippen LogP contribution in [-0.2, 0) is 20.5 Å². The van der Waals surface area contributed by atoms with E-state index in [0.717, 1.165) is 5.56 Å². The summed E-state index contributed by atoms with van der Waals surface area (Å²) >= 11 is 5.92. The van der Waals surface area contributed by atoms with Crippen LogP contribution in [0.15, 0.2) is 72.8 Å². The molecule has 2 aromatic rings. The van der Waals surface area contributed by atoms with Crippen LogP contribution < -0.4 is 5.32 Å². The molecule has 186 valence electrons. The molecule has 0 radical (unpaired) electrons. The summed E-state index contributed by atoms with van der Waals surface area (Å²) in [5, 5.41) is 3.15. The van der Waals surface area contributed by atoms with Crippen LogP contribution in [0.5, 0.6) is 0 Å². The lowest BCUT2D eigenvalue weighted by atomic mass is 10.1. The van der Waals surface area contributed by atoms with Gasteiger partial charge in [-0.3, -0.25) is 4.79 Å². The third-order valence-electron chi connectivity index (χ3n) is 6.05. The molecule has 1 N–H and O–H groups in total. The van der Waals surface area contributed by atoms with E-state index in [1.807, 2.05) is 60.7 Å². The van der Waals surface area contributed by atoms with Crippen LogP contribution in [-0.4, -0.2) is 45.7 Å². The van der Waals surface area contributed by atoms with E-state index in [4.69, 9.17) is 25.5 Å². The summed E-state index contributed by atoms with van der Waals surface area (Å²) in [6, 6.07) is 18.6. The second kappa shape index (κ2) is 13.8. The van der Waals surface area contributed by atoms with E-state index in [2.05, 4.69) is 39.2 Å². The maximum Gasteiger partial charge on any atom is 0.251 e. The van der Waals surface area contributed by atoms with Crippen molar-refractivity contribution in [1.29, 1.82) is 0 Å². The molecule has 7 heteroatoms. The Balaban J connectivity index is 2.13. The summed E-state index contributed by atoms with van der Waals surface area (Å²) in [7, 11) is -2.05. The molecule has 0 unspecified atom stereocenters. The van der Waals surface area contributed by atoms with Crippen LogP contribution >= 0.6 is 11.6 Å². The van der Waals surface area contributed by atoms with Gasteiger partial charge >= 0.3 is 0 Å². The minimum Gasteiger partial charge on any atom is -0.415 e. The molecule has 2 rings (SSSR count). The molecule has 1 amide bonds. The fraction of sp³-hybridized carbons (Fsp3) is 0.444. The molecule has 2 aromatic carbocycles. The Morgan fingerprint density at radius 2 is 1.68 bits per heavy atom. The molecule has 0 saturated carbocycles. The summed E-state index contributed by atoms with van der Waals surface area (Å²) in [6.45, 7) is 11.8. The van der Waals surface area contributed by atoms with Crippen molar-refractivity contribution < 1.29 is 18.7 Å². The molecule has 0 aliphatic carbocycles. The van der Waals surface area contributed by atoms with Crippen molar-refractivity contribution in [2.75, 3.05) is 19.3 Å². The Morgan fingerprint density at radius 3 is 2.26 bits per heavy atom. The Morgan fingerprint density at radius 1 is 1.06 bits per heavy atom. The number of carbonyl (C=O) groups excluding carboxylic acids is 1. The first-order valence-electron chi connectivity index (χ1n) is 11.6. The van der Waals surface area contributed by atoms with E-state index < -0.39 is 20.5 Å². The molecular formula is C27H38ClNO4Si. The van der Waals surface area contributed by atoms with E-state index in [1.165, 1.54) is 0 Å². The predicted molar refractivity (Wildman–Crippen MR) is 142 cm³/mol. The van der Waals surface area contributed by atoms with Gasteiger partial charge in [0, 0.05) is 11.4 Å². The fourth-order valence-corrected chi connectivity index (χ4v) is 4.06. The number of allylic oxidation sites excluding steroid dienone is 1. The van der Waals surface area contributed by atoms with Crippen molar-refractivity contribution in [3.63, 3.8) is 0 Å². The molecule has 0 spiro atoms. The van der Waals surface area contributed by atoms with Gasteiger partial charge in [-0.15, -0.1) is 11.6 Å². The van der Waals surface area contributed by atoms with Crippen LogP contribution in [0.3, 0.4) is 0 Å². The monoisotopic (exact) mass is 503 g/mol. The SMILES string of the molecule is CC(C)(C)[Si](C)(C)OC[C@H](NC(=O)c1ccccc1)[C@@H](/C=C/CCl)OCOCc1ccccc1. The summed E-state index contributed by atoms with van der Waals surface area (Å²) in [4.78, 5) is 13.0. The van der Waals surface area contributed by atoms with Gasteiger partial charge in [0.25, 0.3) is 5.91 Å². The Labute approximate surface area is 210 Å². The number of rotatable bonds is 13. The number of alkyl halides is 1. The van der Waals surface area contributed by atoms with Crippen molar-refractivity contribution in [2.24, 2.45) is 0 Å². The average Bonchev–Trinajstić information content (AvgIpc) is 2.82. The number of halogens is 1. The first kappa shape index (κ1) is 28.3. The minimum atomic E-state index is -2.05. The van der Waals surface area contributed by atoms with Gasteiger partial charge in [0.05, 0.1) is 19.3 Å².